The van der Waals surface area contributed by atoms with Gasteiger partial charge in [-0.15, -0.1) is 0 Å². The van der Waals surface area contributed by atoms with E-state index < -0.39 is 0 Å². The van der Waals surface area contributed by atoms with E-state index in [2.05, 4.69) is 5.10 Å². The third-order valence-electron chi connectivity index (χ3n) is 4.96. The zero-order valence-electron chi connectivity index (χ0n) is 14.7. The third kappa shape index (κ3) is 3.01. The van der Waals surface area contributed by atoms with Crippen LogP contribution >= 0.6 is 11.6 Å². The van der Waals surface area contributed by atoms with Crippen LogP contribution in [0.3, 0.4) is 0 Å². The van der Waals surface area contributed by atoms with Crippen molar-refractivity contribution in [3.8, 4) is 11.3 Å². The standard InChI is InChI=1S/C20H18ClFN4O/c1-25-19(17(21)10-24-25)13-4-7-16-14(8-13)11-26(20(16)27)18(9-23)12-2-5-15(22)6-3-12/h2-8,10,18H,9,11,23H2,1H3. The number of nitrogens with two attached hydrogens (primary N) is 1. The molecule has 0 fully saturated rings. The molecule has 27 heavy (non-hydrogen) atoms. The number of hydrogen-bond donors (Lipinski definition) is 1. The Morgan fingerprint density at radius 3 is 2.63 bits per heavy atom. The second kappa shape index (κ2) is 6.79. The molecule has 1 atom stereocenters. The Hall–Kier alpha value is -2.70. The molecule has 0 radical (unpaired) electrons. The fourth-order valence-corrected chi connectivity index (χ4v) is 3.88. The van der Waals surface area contributed by atoms with E-state index in [0.29, 0.717) is 17.1 Å². The summed E-state index contributed by atoms with van der Waals surface area (Å²) in [7, 11) is 1.82. The fraction of sp³-hybridized carbons (Fsp3) is 0.200. The lowest BCUT2D eigenvalue weighted by Crippen LogP contribution is -2.34. The zero-order chi connectivity index (χ0) is 19.1. The molecular weight excluding hydrogens is 367 g/mol. The molecule has 3 aromatic rings. The lowest BCUT2D eigenvalue weighted by molar-refractivity contribution is 0.0707. The molecule has 7 heteroatoms. The van der Waals surface area contributed by atoms with E-state index in [0.717, 1.165) is 22.4 Å². The Balaban J connectivity index is 1.68. The number of fused-ring (bicyclic) bond motifs is 1. The average molecular weight is 385 g/mol. The van der Waals surface area contributed by atoms with Crippen LogP contribution in [0, 0.1) is 5.82 Å². The van der Waals surface area contributed by atoms with Crippen molar-refractivity contribution in [1.29, 1.82) is 0 Å². The van der Waals surface area contributed by atoms with Crippen molar-refractivity contribution in [2.75, 3.05) is 6.54 Å². The number of carbonyl (C=O) groups excluding carboxylic acids is 1. The Kier molecular flexibility index (Phi) is 4.45. The second-order valence-corrected chi connectivity index (χ2v) is 6.98. The van der Waals surface area contributed by atoms with Crippen molar-refractivity contribution < 1.29 is 9.18 Å². The normalized spacial score (nSPS) is 14.5. The van der Waals surface area contributed by atoms with Crippen molar-refractivity contribution in [2.24, 2.45) is 12.8 Å². The van der Waals surface area contributed by atoms with Crippen molar-refractivity contribution >= 4 is 17.5 Å². The molecule has 2 heterocycles. The van der Waals surface area contributed by atoms with Crippen LogP contribution in [-0.2, 0) is 13.6 Å². The fourth-order valence-electron chi connectivity index (χ4n) is 3.61. The van der Waals surface area contributed by atoms with Gasteiger partial charge in [0.2, 0.25) is 0 Å². The highest BCUT2D eigenvalue weighted by Crippen LogP contribution is 2.35. The van der Waals surface area contributed by atoms with Crippen LogP contribution in [0.15, 0.2) is 48.7 Å². The minimum Gasteiger partial charge on any atom is -0.328 e. The zero-order valence-corrected chi connectivity index (χ0v) is 15.4. The molecular formula is C20H18ClFN4O. The number of amides is 1. The Morgan fingerprint density at radius 1 is 1.26 bits per heavy atom. The highest BCUT2D eigenvalue weighted by molar-refractivity contribution is 6.33. The van der Waals surface area contributed by atoms with Gasteiger partial charge in [-0.3, -0.25) is 9.48 Å². The highest BCUT2D eigenvalue weighted by Gasteiger charge is 2.33. The summed E-state index contributed by atoms with van der Waals surface area (Å²) >= 11 is 6.25. The van der Waals surface area contributed by atoms with Gasteiger partial charge in [0.1, 0.15) is 5.82 Å². The monoisotopic (exact) mass is 384 g/mol. The van der Waals surface area contributed by atoms with Gasteiger partial charge >= 0.3 is 0 Å². The Labute approximate surface area is 161 Å². The molecule has 1 aliphatic rings. The van der Waals surface area contributed by atoms with E-state index in [-0.39, 0.29) is 24.3 Å². The highest BCUT2D eigenvalue weighted by atomic mass is 35.5. The first-order chi connectivity index (χ1) is 13.0. The van der Waals surface area contributed by atoms with Crippen LogP contribution in [-0.4, -0.2) is 27.1 Å². The number of benzene rings is 2. The summed E-state index contributed by atoms with van der Waals surface area (Å²) in [4.78, 5) is 14.7. The van der Waals surface area contributed by atoms with E-state index in [1.165, 1.54) is 12.1 Å². The second-order valence-electron chi connectivity index (χ2n) is 6.57. The number of carbonyl (C=O) groups is 1. The van der Waals surface area contributed by atoms with Gasteiger partial charge in [-0.1, -0.05) is 29.8 Å². The number of aryl methyl sites for hydroxylation is 1. The number of aromatic nitrogens is 2. The van der Waals surface area contributed by atoms with E-state index >= 15 is 0 Å². The van der Waals surface area contributed by atoms with Gasteiger partial charge in [-0.05, 0) is 35.4 Å². The number of rotatable bonds is 4. The van der Waals surface area contributed by atoms with Crippen LogP contribution in [0.5, 0.6) is 0 Å². The summed E-state index contributed by atoms with van der Waals surface area (Å²) < 4.78 is 14.9. The van der Waals surface area contributed by atoms with Crippen molar-refractivity contribution in [1.82, 2.24) is 14.7 Å². The smallest absolute Gasteiger partial charge is 0.255 e. The number of hydrogen-bond acceptors (Lipinski definition) is 3. The summed E-state index contributed by atoms with van der Waals surface area (Å²) in [5, 5.41) is 4.72. The van der Waals surface area contributed by atoms with Crippen LogP contribution in [0.4, 0.5) is 4.39 Å². The van der Waals surface area contributed by atoms with Gasteiger partial charge in [0, 0.05) is 31.3 Å². The lowest BCUT2D eigenvalue weighted by Gasteiger charge is -2.27. The molecule has 0 saturated heterocycles. The van der Waals surface area contributed by atoms with Gasteiger partial charge in [0.15, 0.2) is 0 Å². The van der Waals surface area contributed by atoms with Crippen LogP contribution in [0.2, 0.25) is 5.02 Å². The van der Waals surface area contributed by atoms with E-state index in [4.69, 9.17) is 17.3 Å². The summed E-state index contributed by atoms with van der Waals surface area (Å²) in [5.74, 6) is -0.393. The first-order valence-electron chi connectivity index (χ1n) is 8.57. The molecule has 138 valence electrons. The molecule has 1 unspecified atom stereocenters. The summed E-state index contributed by atoms with van der Waals surface area (Å²) in [6, 6.07) is 11.5. The third-order valence-corrected chi connectivity index (χ3v) is 5.24. The molecule has 1 aromatic heterocycles. The minimum atomic E-state index is -0.316. The van der Waals surface area contributed by atoms with Gasteiger partial charge in [-0.25, -0.2) is 4.39 Å². The Bertz CT molecular complexity index is 996. The van der Waals surface area contributed by atoms with Crippen LogP contribution in [0.1, 0.15) is 27.5 Å². The topological polar surface area (TPSA) is 64.2 Å². The quantitative estimate of drug-likeness (QED) is 0.748. The van der Waals surface area contributed by atoms with Gasteiger partial charge in [-0.2, -0.15) is 5.10 Å². The molecule has 2 N–H and O–H groups in total. The maximum Gasteiger partial charge on any atom is 0.255 e. The van der Waals surface area contributed by atoms with Crippen LogP contribution < -0.4 is 5.73 Å². The average Bonchev–Trinajstić information content (AvgIpc) is 3.16. The Morgan fingerprint density at radius 2 is 2.00 bits per heavy atom. The molecule has 1 amide bonds. The minimum absolute atomic E-state index is 0.0765. The predicted molar refractivity (Wildman–Crippen MR) is 102 cm³/mol. The van der Waals surface area contributed by atoms with Crippen molar-refractivity contribution in [3.63, 3.8) is 0 Å². The van der Waals surface area contributed by atoms with Crippen molar-refractivity contribution in [3.05, 3.63) is 76.2 Å². The molecule has 0 bridgehead atoms. The van der Waals surface area contributed by atoms with Gasteiger partial charge in [0.25, 0.3) is 5.91 Å². The largest absolute Gasteiger partial charge is 0.328 e. The maximum atomic E-state index is 13.2. The molecule has 2 aromatic carbocycles. The van der Waals surface area contributed by atoms with Crippen molar-refractivity contribution in [2.45, 2.75) is 12.6 Å². The molecule has 4 rings (SSSR count). The van der Waals surface area contributed by atoms with Crippen LogP contribution in [0.25, 0.3) is 11.3 Å². The maximum absolute atomic E-state index is 13.2. The molecule has 5 nitrogen and oxygen atoms in total. The molecule has 0 saturated carbocycles. The van der Waals surface area contributed by atoms with Gasteiger partial charge < -0.3 is 10.6 Å². The van der Waals surface area contributed by atoms with Gasteiger partial charge in [0.05, 0.1) is 23.0 Å². The predicted octanol–water partition coefficient (Wildman–Crippen LogP) is 3.54. The SMILES string of the molecule is Cn1ncc(Cl)c1-c1ccc2c(c1)CN(C(CN)c1ccc(F)cc1)C2=O. The molecule has 0 spiro atoms. The van der Waals surface area contributed by atoms with E-state index in [1.54, 1.807) is 27.9 Å². The first kappa shape index (κ1) is 17.7. The summed E-state index contributed by atoms with van der Waals surface area (Å²) in [5.41, 5.74) is 10.0. The molecule has 1 aliphatic heterocycles. The lowest BCUT2D eigenvalue weighted by atomic mass is 10.0. The molecule has 0 aliphatic carbocycles. The van der Waals surface area contributed by atoms with E-state index in [9.17, 15) is 9.18 Å². The summed E-state index contributed by atoms with van der Waals surface area (Å²) in [6.45, 7) is 0.697. The first-order valence-corrected chi connectivity index (χ1v) is 8.94. The number of nitrogens with zero attached hydrogens (tertiary/aromatic N) is 3. The number of halogens is 2. The van der Waals surface area contributed by atoms with E-state index in [1.807, 2.05) is 25.2 Å². The summed E-state index contributed by atoms with van der Waals surface area (Å²) in [6.07, 6.45) is 1.60.